The molecule has 1 aliphatic rings. The number of thioether (sulfide) groups is 1. The second-order valence-corrected chi connectivity index (χ2v) is 17.7. The molecule has 2 unspecified atom stereocenters. The average Bonchev–Trinajstić information content (AvgIpc) is 3.64. The molecule has 0 saturated carbocycles. The maximum Gasteiger partial charge on any atom is 0.481 e. The number of aromatic nitrogens is 4. The molecule has 0 bridgehead atoms. The molecular weight excluding hydrogens is 823 g/mol. The van der Waals surface area contributed by atoms with Crippen molar-refractivity contribution in [3.05, 3.63) is 24.0 Å². The van der Waals surface area contributed by atoms with E-state index in [0.717, 1.165) is 29.0 Å². The number of phosphoric acid groups is 3. The molecule has 1 aliphatic heterocycles. The Bertz CT molecular complexity index is 1890. The first-order chi connectivity index (χ1) is 25.3. The molecular formula is C26H41N7O18P3S-. The fraction of sp³-hybridized carbons (Fsp3) is 0.615. The summed E-state index contributed by atoms with van der Waals surface area (Å²) in [5.41, 5.74) is 4.29. The number of nitrogens with two attached hydrogens (primary N) is 1. The fourth-order valence-corrected chi connectivity index (χ4v) is 8.10. The number of hydrogen-bond donors (Lipinski definition) is 9. The summed E-state index contributed by atoms with van der Waals surface area (Å²) in [5, 5.41) is 37.0. The average molecular weight is 865 g/mol. The number of fused-ring (bicyclic) bond motifs is 1. The van der Waals surface area contributed by atoms with Crippen molar-refractivity contribution in [2.24, 2.45) is 5.41 Å². The number of nitrogens with one attached hydrogen (secondary N) is 2. The van der Waals surface area contributed by atoms with Crippen LogP contribution in [0.25, 0.3) is 11.2 Å². The smallest absolute Gasteiger partial charge is 0.481 e. The summed E-state index contributed by atoms with van der Waals surface area (Å²) in [6, 6.07) is 0. The topological polar surface area (TPSA) is 387 Å². The predicted octanol–water partition coefficient (Wildman–Crippen LogP) is -1.68. The molecule has 310 valence electrons. The number of nitrogen functional groups attached to an aromatic ring is 1. The number of imidazole rings is 1. The summed E-state index contributed by atoms with van der Waals surface area (Å²) < 4.78 is 61.9. The van der Waals surface area contributed by atoms with Gasteiger partial charge in [0.25, 0.3) is 0 Å². The van der Waals surface area contributed by atoms with E-state index < -0.39 is 89.7 Å². The van der Waals surface area contributed by atoms with Crippen LogP contribution in [-0.2, 0) is 50.7 Å². The van der Waals surface area contributed by atoms with E-state index in [1.54, 1.807) is 0 Å². The van der Waals surface area contributed by atoms with Crippen LogP contribution in [0.15, 0.2) is 24.0 Å². The van der Waals surface area contributed by atoms with Gasteiger partial charge >= 0.3 is 23.5 Å². The van der Waals surface area contributed by atoms with E-state index >= 15 is 0 Å². The molecule has 29 heteroatoms. The Morgan fingerprint density at radius 2 is 1.73 bits per heavy atom. The quantitative estimate of drug-likeness (QED) is 0.0310. The lowest BCUT2D eigenvalue weighted by Crippen LogP contribution is -2.46. The predicted molar refractivity (Wildman–Crippen MR) is 185 cm³/mol. The molecule has 1 fully saturated rings. The minimum Gasteiger partial charge on any atom is -0.875 e. The molecule has 10 N–H and O–H groups in total. The molecule has 2 aromatic rings. The van der Waals surface area contributed by atoms with Crippen LogP contribution >= 0.6 is 35.2 Å². The number of hydrogen-bond acceptors (Lipinski definition) is 19. The van der Waals surface area contributed by atoms with Crippen LogP contribution in [-0.4, -0.2) is 123 Å². The van der Waals surface area contributed by atoms with Gasteiger partial charge in [0.1, 0.15) is 36.3 Å². The van der Waals surface area contributed by atoms with Crippen molar-refractivity contribution in [2.75, 3.05) is 37.8 Å². The van der Waals surface area contributed by atoms with Crippen molar-refractivity contribution in [1.29, 1.82) is 0 Å². The van der Waals surface area contributed by atoms with Crippen LogP contribution in [0.2, 0.25) is 0 Å². The third-order valence-electron chi connectivity index (χ3n) is 7.57. The van der Waals surface area contributed by atoms with E-state index in [1.165, 1.54) is 27.7 Å². The molecule has 0 aliphatic carbocycles. The zero-order valence-corrected chi connectivity index (χ0v) is 33.0. The fourth-order valence-electron chi connectivity index (χ4n) is 4.53. The molecule has 55 heavy (non-hydrogen) atoms. The highest BCUT2D eigenvalue weighted by Crippen LogP contribution is 2.61. The Kier molecular flexibility index (Phi) is 16.1. The Morgan fingerprint density at radius 3 is 2.36 bits per heavy atom. The van der Waals surface area contributed by atoms with Crippen LogP contribution in [0.1, 0.15) is 40.3 Å². The van der Waals surface area contributed by atoms with E-state index in [2.05, 4.69) is 34.4 Å². The van der Waals surface area contributed by atoms with Crippen molar-refractivity contribution in [3.8, 4) is 0 Å². The van der Waals surface area contributed by atoms with E-state index in [0.29, 0.717) is 0 Å². The van der Waals surface area contributed by atoms with Gasteiger partial charge in [-0.2, -0.15) is 4.31 Å². The monoisotopic (exact) mass is 864 g/mol. The molecule has 1 saturated heterocycles. The lowest BCUT2D eigenvalue weighted by molar-refractivity contribution is -0.303. The number of aliphatic hydroxyl groups is 2. The molecule has 2 amide bonds. The molecule has 0 spiro atoms. The molecule has 2 aromatic heterocycles. The number of ether oxygens (including phenoxy) is 1. The van der Waals surface area contributed by atoms with Gasteiger partial charge in [-0.25, -0.2) is 28.6 Å². The highest BCUT2D eigenvalue weighted by atomic mass is 32.2. The minimum absolute atomic E-state index is 0.0232. The van der Waals surface area contributed by atoms with Crippen LogP contribution < -0.4 is 21.5 Å². The van der Waals surface area contributed by atoms with Crippen molar-refractivity contribution < 1.29 is 85.6 Å². The Morgan fingerprint density at radius 1 is 1.07 bits per heavy atom. The first kappa shape index (κ1) is 46.5. The van der Waals surface area contributed by atoms with Gasteiger partial charge in [-0.15, -0.1) is 5.76 Å². The number of rotatable bonds is 20. The first-order valence-corrected chi connectivity index (χ1v) is 21.3. The highest BCUT2D eigenvalue weighted by Gasteiger charge is 2.50. The van der Waals surface area contributed by atoms with E-state index in [1.807, 2.05) is 0 Å². The van der Waals surface area contributed by atoms with Crippen molar-refractivity contribution >= 4 is 69.1 Å². The molecule has 3 heterocycles. The molecule has 0 radical (unpaired) electrons. The van der Waals surface area contributed by atoms with Crippen LogP contribution in [0.3, 0.4) is 0 Å². The van der Waals surface area contributed by atoms with Gasteiger partial charge in [-0.1, -0.05) is 32.5 Å². The van der Waals surface area contributed by atoms with E-state index in [9.17, 15) is 63.0 Å². The van der Waals surface area contributed by atoms with Gasteiger partial charge in [0.2, 0.25) is 16.9 Å². The van der Waals surface area contributed by atoms with Crippen LogP contribution in [0, 0.1) is 5.41 Å². The van der Waals surface area contributed by atoms with Gasteiger partial charge in [0.15, 0.2) is 17.7 Å². The maximum absolute atomic E-state index is 12.7. The molecule has 7 atom stereocenters. The van der Waals surface area contributed by atoms with Crippen LogP contribution in [0.5, 0.6) is 0 Å². The largest absolute Gasteiger partial charge is 0.875 e. The Labute approximate surface area is 316 Å². The second-order valence-electron chi connectivity index (χ2n) is 12.4. The lowest BCUT2D eigenvalue weighted by atomic mass is 9.87. The summed E-state index contributed by atoms with van der Waals surface area (Å²) in [4.78, 5) is 87.2. The number of allylic oxidation sites excluding steroid dienone is 1. The third-order valence-corrected chi connectivity index (χ3v) is 11.6. The minimum atomic E-state index is -5.58. The van der Waals surface area contributed by atoms with Gasteiger partial charge in [-0.05, 0) is 12.5 Å². The summed E-state index contributed by atoms with van der Waals surface area (Å²) in [6.07, 6.45) is -7.04. The van der Waals surface area contributed by atoms with E-state index in [-0.39, 0.29) is 53.6 Å². The van der Waals surface area contributed by atoms with Gasteiger partial charge in [0.05, 0.1) is 19.5 Å². The zero-order valence-electron chi connectivity index (χ0n) is 29.5. The number of nitrogens with zero attached hydrogens (tertiary/aromatic N) is 4. The lowest BCUT2D eigenvalue weighted by Gasteiger charge is -2.30. The summed E-state index contributed by atoms with van der Waals surface area (Å²) >= 11 is 0.849. The summed E-state index contributed by atoms with van der Waals surface area (Å²) in [6.45, 7) is 2.92. The zero-order chi connectivity index (χ0) is 41.5. The third kappa shape index (κ3) is 13.6. The number of carbonyl (C=O) groups is 3. The Balaban J connectivity index is 1.51. The summed E-state index contributed by atoms with van der Waals surface area (Å²) in [7, 11) is -16.4. The second kappa shape index (κ2) is 19.0. The standard InChI is InChI=1S/C26H42N7O18P3S/c1-13(14(2)34)25(39)55-8-7-28-16(35)5-6-29-23(38)20(37)26(3,4)10-48-54(45,46)51-53(43,44)47-9-15-19(50-52(40,41)42)18(36)24(49-15)33-12-32-17-21(27)30-11-31-22(17)33/h11-12,15,18-20,24,34,36-37H,5-10H2,1-4H3,(H,28,35)(H,29,38)(H,43,44)(H,45,46)(H2,27,30,31)(H2,40,41,42)/p-1/b14-13+/t15-,18-,19-,20+,24-/m1/s1. The normalized spacial score (nSPS) is 22.4. The highest BCUT2D eigenvalue weighted by molar-refractivity contribution is 8.14. The van der Waals surface area contributed by atoms with Crippen molar-refractivity contribution in [2.45, 2.75) is 64.8 Å². The Hall–Kier alpha value is -2.90. The van der Waals surface area contributed by atoms with Crippen molar-refractivity contribution in [1.82, 2.24) is 30.2 Å². The first-order valence-electron chi connectivity index (χ1n) is 15.7. The number of carbonyl (C=O) groups excluding carboxylic acids is 3. The number of anilines is 1. The number of phosphoric ester groups is 3. The van der Waals surface area contributed by atoms with Crippen molar-refractivity contribution in [3.63, 3.8) is 0 Å². The molecule has 25 nitrogen and oxygen atoms in total. The number of amides is 2. The van der Waals surface area contributed by atoms with Gasteiger partial charge < -0.3 is 56.0 Å². The summed E-state index contributed by atoms with van der Waals surface area (Å²) in [5.74, 6) is -1.73. The van der Waals surface area contributed by atoms with Gasteiger partial charge in [-0.3, -0.25) is 32.5 Å². The van der Waals surface area contributed by atoms with Gasteiger partial charge in [0, 0.05) is 30.7 Å². The molecule has 3 rings (SSSR count). The molecule has 0 aromatic carbocycles. The number of aliphatic hydroxyl groups excluding tert-OH is 2. The SMILES string of the molecule is C/C([O-])=C(/C)C(=O)SCCNC(=O)CCNC(=O)[C@H](O)C(C)(C)COP(=O)(O)OP(=O)(O)OC[C@H]1O[C@@H](n2cnc3c(N)ncnc32)[C@H](O)[C@@H]1OP(=O)(O)O. The van der Waals surface area contributed by atoms with E-state index in [4.69, 9.17) is 19.5 Å². The maximum atomic E-state index is 12.7. The van der Waals surface area contributed by atoms with Crippen LogP contribution in [0.4, 0.5) is 5.82 Å².